The number of phenolic OH excluding ortho intramolecular Hbond substituents is 4. The first kappa shape index (κ1) is 18.3. The van der Waals surface area contributed by atoms with E-state index in [4.69, 9.17) is 4.74 Å². The number of aromatic hydroxyl groups is 4. The summed E-state index contributed by atoms with van der Waals surface area (Å²) in [5, 5.41) is 41.6. The summed E-state index contributed by atoms with van der Waals surface area (Å²) in [4.78, 5) is 0. The van der Waals surface area contributed by atoms with Crippen molar-refractivity contribution in [2.75, 3.05) is 0 Å². The molecule has 0 amide bonds. The van der Waals surface area contributed by atoms with Crippen LogP contribution in [-0.4, -0.2) is 20.4 Å². The van der Waals surface area contributed by atoms with Gasteiger partial charge in [0.2, 0.25) is 0 Å². The molecule has 144 valence electrons. The van der Waals surface area contributed by atoms with E-state index in [0.717, 1.165) is 0 Å². The first-order valence-corrected chi connectivity index (χ1v) is 8.95. The SMILES string of the molecule is Oc1ccccc1-c1cccc(Oc2cccc(-c3ccccc3O)c2O)c1O. The molecule has 5 nitrogen and oxygen atoms in total. The lowest BCUT2D eigenvalue weighted by atomic mass is 10.0. The third kappa shape index (κ3) is 3.41. The van der Waals surface area contributed by atoms with E-state index < -0.39 is 0 Å². The fourth-order valence-electron chi connectivity index (χ4n) is 3.17. The van der Waals surface area contributed by atoms with Crippen LogP contribution in [0.4, 0.5) is 0 Å². The number of ether oxygens (including phenoxy) is 1. The molecule has 4 rings (SSSR count). The molecule has 0 saturated carbocycles. The molecule has 0 bridgehead atoms. The van der Waals surface area contributed by atoms with Gasteiger partial charge < -0.3 is 25.2 Å². The molecule has 0 aliphatic carbocycles. The Kier molecular flexibility index (Phi) is 4.71. The Morgan fingerprint density at radius 2 is 0.793 bits per heavy atom. The summed E-state index contributed by atoms with van der Waals surface area (Å²) >= 11 is 0. The smallest absolute Gasteiger partial charge is 0.169 e. The second-order valence-electron chi connectivity index (χ2n) is 6.44. The minimum atomic E-state index is -0.165. The summed E-state index contributed by atoms with van der Waals surface area (Å²) < 4.78 is 5.78. The topological polar surface area (TPSA) is 90.2 Å². The molecule has 0 fully saturated rings. The van der Waals surface area contributed by atoms with Gasteiger partial charge >= 0.3 is 0 Å². The van der Waals surface area contributed by atoms with E-state index in [1.165, 1.54) is 12.1 Å². The maximum absolute atomic E-state index is 10.7. The molecule has 0 heterocycles. The highest BCUT2D eigenvalue weighted by atomic mass is 16.5. The molecule has 0 aromatic heterocycles. The highest BCUT2D eigenvalue weighted by Gasteiger charge is 2.17. The van der Waals surface area contributed by atoms with Crippen LogP contribution in [-0.2, 0) is 0 Å². The van der Waals surface area contributed by atoms with Crippen molar-refractivity contribution in [1.29, 1.82) is 0 Å². The lowest BCUT2D eigenvalue weighted by molar-refractivity contribution is 0.386. The predicted octanol–water partition coefficient (Wildman–Crippen LogP) is 5.64. The van der Waals surface area contributed by atoms with Crippen LogP contribution in [0.1, 0.15) is 0 Å². The van der Waals surface area contributed by atoms with Crippen molar-refractivity contribution in [3.8, 4) is 56.8 Å². The molecule has 0 spiro atoms. The summed E-state index contributed by atoms with van der Waals surface area (Å²) in [5.41, 5.74) is 1.72. The van der Waals surface area contributed by atoms with Gasteiger partial charge in [-0.3, -0.25) is 0 Å². The second kappa shape index (κ2) is 7.48. The van der Waals surface area contributed by atoms with Gasteiger partial charge in [0, 0.05) is 22.3 Å². The zero-order chi connectivity index (χ0) is 20.4. The van der Waals surface area contributed by atoms with Crippen LogP contribution in [0.5, 0.6) is 34.5 Å². The Hall–Kier alpha value is -4.12. The van der Waals surface area contributed by atoms with Crippen molar-refractivity contribution in [1.82, 2.24) is 0 Å². The molecule has 0 unspecified atom stereocenters. The van der Waals surface area contributed by atoms with Crippen LogP contribution < -0.4 is 4.74 Å². The molecule has 0 radical (unpaired) electrons. The zero-order valence-electron chi connectivity index (χ0n) is 15.3. The predicted molar refractivity (Wildman–Crippen MR) is 110 cm³/mol. The molecule has 4 N–H and O–H groups in total. The number of para-hydroxylation sites is 4. The quantitative estimate of drug-likeness (QED) is 0.365. The minimum absolute atomic E-state index is 0.0318. The van der Waals surface area contributed by atoms with Crippen molar-refractivity contribution >= 4 is 0 Å². The first-order chi connectivity index (χ1) is 14.1. The standard InChI is InChI=1S/C24H18O5/c25-19-11-3-1-7-15(19)17-9-5-13-21(23(17)27)29-22-14-6-10-18(24(22)28)16-8-2-4-12-20(16)26/h1-14,25-28H. The van der Waals surface area contributed by atoms with Gasteiger partial charge in [0.05, 0.1) is 0 Å². The molecule has 5 heteroatoms. The van der Waals surface area contributed by atoms with E-state index in [1.807, 2.05) is 0 Å². The normalized spacial score (nSPS) is 10.6. The molecule has 0 aliphatic rings. The largest absolute Gasteiger partial charge is 0.507 e. The Morgan fingerprint density at radius 3 is 1.21 bits per heavy atom. The molecule has 4 aromatic rings. The minimum Gasteiger partial charge on any atom is -0.507 e. The van der Waals surface area contributed by atoms with Gasteiger partial charge in [0.1, 0.15) is 11.5 Å². The Morgan fingerprint density at radius 1 is 0.414 bits per heavy atom. The van der Waals surface area contributed by atoms with Crippen LogP contribution in [0.15, 0.2) is 84.9 Å². The maximum atomic E-state index is 10.7. The van der Waals surface area contributed by atoms with E-state index in [0.29, 0.717) is 22.3 Å². The van der Waals surface area contributed by atoms with Crippen LogP contribution in [0, 0.1) is 0 Å². The highest BCUT2D eigenvalue weighted by Crippen LogP contribution is 2.46. The fourth-order valence-corrected chi connectivity index (χ4v) is 3.17. The van der Waals surface area contributed by atoms with E-state index in [1.54, 1.807) is 72.8 Å². The second-order valence-corrected chi connectivity index (χ2v) is 6.44. The summed E-state index contributed by atoms with van der Waals surface area (Å²) in [6.45, 7) is 0. The van der Waals surface area contributed by atoms with Gasteiger partial charge in [-0.25, -0.2) is 0 Å². The zero-order valence-corrected chi connectivity index (χ0v) is 15.3. The lowest BCUT2D eigenvalue weighted by Gasteiger charge is -2.15. The average Bonchev–Trinajstić information content (AvgIpc) is 2.72. The summed E-state index contributed by atoms with van der Waals surface area (Å²) in [6, 6.07) is 23.1. The van der Waals surface area contributed by atoms with Gasteiger partial charge in [0.15, 0.2) is 23.0 Å². The average molecular weight is 386 g/mol. The monoisotopic (exact) mass is 386 g/mol. The van der Waals surface area contributed by atoms with Gasteiger partial charge in [-0.1, -0.05) is 60.7 Å². The van der Waals surface area contributed by atoms with Crippen LogP contribution in [0.3, 0.4) is 0 Å². The maximum Gasteiger partial charge on any atom is 0.169 e. The Balaban J connectivity index is 1.75. The third-order valence-electron chi connectivity index (χ3n) is 4.61. The molecule has 0 atom stereocenters. The summed E-state index contributed by atoms with van der Waals surface area (Å²) in [6.07, 6.45) is 0. The number of benzene rings is 4. The first-order valence-electron chi connectivity index (χ1n) is 8.95. The molecule has 29 heavy (non-hydrogen) atoms. The van der Waals surface area contributed by atoms with Gasteiger partial charge in [-0.05, 0) is 24.3 Å². The lowest BCUT2D eigenvalue weighted by Crippen LogP contribution is -1.90. The molecule has 0 saturated heterocycles. The number of rotatable bonds is 4. The molecule has 4 aromatic carbocycles. The van der Waals surface area contributed by atoms with E-state index in [9.17, 15) is 20.4 Å². The van der Waals surface area contributed by atoms with Crippen LogP contribution >= 0.6 is 0 Å². The van der Waals surface area contributed by atoms with Crippen LogP contribution in [0.25, 0.3) is 22.3 Å². The number of phenols is 4. The van der Waals surface area contributed by atoms with Crippen molar-refractivity contribution in [2.24, 2.45) is 0 Å². The number of hydrogen-bond donors (Lipinski definition) is 4. The van der Waals surface area contributed by atoms with E-state index in [2.05, 4.69) is 0 Å². The molecular weight excluding hydrogens is 368 g/mol. The Bertz CT molecular complexity index is 1090. The van der Waals surface area contributed by atoms with E-state index >= 15 is 0 Å². The highest BCUT2D eigenvalue weighted by molar-refractivity contribution is 5.79. The summed E-state index contributed by atoms with van der Waals surface area (Å²) in [7, 11) is 0. The van der Waals surface area contributed by atoms with Gasteiger partial charge in [-0.15, -0.1) is 0 Å². The number of hydrogen-bond acceptors (Lipinski definition) is 5. The van der Waals surface area contributed by atoms with Gasteiger partial charge in [0.25, 0.3) is 0 Å². The van der Waals surface area contributed by atoms with Crippen molar-refractivity contribution in [2.45, 2.75) is 0 Å². The van der Waals surface area contributed by atoms with Crippen LogP contribution in [0.2, 0.25) is 0 Å². The van der Waals surface area contributed by atoms with Crippen molar-refractivity contribution in [3.05, 3.63) is 84.9 Å². The van der Waals surface area contributed by atoms with E-state index in [-0.39, 0.29) is 34.5 Å². The summed E-state index contributed by atoms with van der Waals surface area (Å²) in [5.74, 6) is -0.0256. The molecular formula is C24H18O5. The Labute approximate surface area is 167 Å². The van der Waals surface area contributed by atoms with Gasteiger partial charge in [-0.2, -0.15) is 0 Å². The third-order valence-corrected chi connectivity index (χ3v) is 4.61. The van der Waals surface area contributed by atoms with Crippen molar-refractivity contribution < 1.29 is 25.2 Å². The fraction of sp³-hybridized carbons (Fsp3) is 0. The molecule has 0 aliphatic heterocycles. The van der Waals surface area contributed by atoms with Crippen molar-refractivity contribution in [3.63, 3.8) is 0 Å².